The number of halogens is 1. The number of phenols is 1. The molecule has 17 heavy (non-hydrogen) atoms. The highest BCUT2D eigenvalue weighted by Crippen LogP contribution is 2.38. The molecule has 0 heterocycles. The zero-order valence-electron chi connectivity index (χ0n) is 9.95. The molecule has 94 valence electrons. The highest BCUT2D eigenvalue weighted by Gasteiger charge is 2.30. The lowest BCUT2D eigenvalue weighted by Crippen LogP contribution is -2.26. The van der Waals surface area contributed by atoms with Crippen molar-refractivity contribution in [3.63, 3.8) is 0 Å². The van der Waals surface area contributed by atoms with Gasteiger partial charge in [-0.3, -0.25) is 4.79 Å². The van der Waals surface area contributed by atoms with Crippen molar-refractivity contribution in [2.24, 2.45) is 5.41 Å². The quantitative estimate of drug-likeness (QED) is 0.871. The van der Waals surface area contributed by atoms with Crippen LogP contribution in [-0.4, -0.2) is 23.3 Å². The van der Waals surface area contributed by atoms with E-state index in [0.29, 0.717) is 10.6 Å². The molecule has 0 atom stereocenters. The molecule has 4 nitrogen and oxygen atoms in total. The third-order valence-corrected chi connectivity index (χ3v) is 2.94. The van der Waals surface area contributed by atoms with Gasteiger partial charge in [0.15, 0.2) is 11.5 Å². The molecule has 0 unspecified atom stereocenters. The second-order valence-electron chi connectivity index (χ2n) is 4.44. The zero-order chi connectivity index (χ0) is 13.2. The number of rotatable bonds is 4. The number of phenolic OH excluding ortho intramolecular Hbond substituents is 1. The van der Waals surface area contributed by atoms with E-state index in [1.165, 1.54) is 19.2 Å². The van der Waals surface area contributed by atoms with Crippen molar-refractivity contribution in [1.29, 1.82) is 0 Å². The predicted molar refractivity (Wildman–Crippen MR) is 64.8 cm³/mol. The summed E-state index contributed by atoms with van der Waals surface area (Å²) in [6.07, 6.45) is 0.179. The molecule has 1 aromatic rings. The summed E-state index contributed by atoms with van der Waals surface area (Å²) in [5.74, 6) is -0.751. The summed E-state index contributed by atoms with van der Waals surface area (Å²) in [6.45, 7) is 3.18. The molecule has 0 fully saturated rings. The van der Waals surface area contributed by atoms with Crippen LogP contribution in [0.5, 0.6) is 11.5 Å². The van der Waals surface area contributed by atoms with Crippen LogP contribution in [0.15, 0.2) is 12.1 Å². The summed E-state index contributed by atoms with van der Waals surface area (Å²) in [5, 5.41) is 19.1. The first-order valence-corrected chi connectivity index (χ1v) is 5.45. The molecule has 1 aromatic carbocycles. The van der Waals surface area contributed by atoms with E-state index in [4.69, 9.17) is 21.4 Å². The fourth-order valence-electron chi connectivity index (χ4n) is 1.50. The molecule has 0 aromatic heterocycles. The smallest absolute Gasteiger partial charge is 0.309 e. The van der Waals surface area contributed by atoms with Gasteiger partial charge in [0, 0.05) is 10.6 Å². The Morgan fingerprint density at radius 2 is 2.06 bits per heavy atom. The van der Waals surface area contributed by atoms with E-state index in [1.54, 1.807) is 13.8 Å². The Hall–Kier alpha value is -1.42. The van der Waals surface area contributed by atoms with E-state index in [1.807, 2.05) is 0 Å². The Morgan fingerprint density at radius 1 is 1.47 bits per heavy atom. The van der Waals surface area contributed by atoms with E-state index >= 15 is 0 Å². The van der Waals surface area contributed by atoms with Gasteiger partial charge >= 0.3 is 5.97 Å². The van der Waals surface area contributed by atoms with Crippen LogP contribution in [0, 0.1) is 5.41 Å². The molecule has 0 spiro atoms. The number of hydrogen-bond acceptors (Lipinski definition) is 3. The number of methoxy groups -OCH3 is 1. The minimum Gasteiger partial charge on any atom is -0.504 e. The lowest BCUT2D eigenvalue weighted by atomic mass is 9.85. The van der Waals surface area contributed by atoms with E-state index < -0.39 is 11.4 Å². The Balaban J connectivity index is 3.22. The third-order valence-electron chi connectivity index (χ3n) is 2.58. The van der Waals surface area contributed by atoms with Crippen LogP contribution in [0.25, 0.3) is 0 Å². The Labute approximate surface area is 105 Å². The first-order valence-electron chi connectivity index (χ1n) is 5.07. The predicted octanol–water partition coefficient (Wildman–Crippen LogP) is 2.71. The van der Waals surface area contributed by atoms with Gasteiger partial charge in [0.05, 0.1) is 12.5 Å². The first kappa shape index (κ1) is 13.6. The fourth-order valence-corrected chi connectivity index (χ4v) is 1.72. The second-order valence-corrected chi connectivity index (χ2v) is 4.85. The number of aliphatic carboxylic acids is 1. The van der Waals surface area contributed by atoms with Crippen molar-refractivity contribution < 1.29 is 19.7 Å². The second kappa shape index (κ2) is 4.84. The van der Waals surface area contributed by atoms with Crippen molar-refractivity contribution in [3.05, 3.63) is 22.7 Å². The Bertz CT molecular complexity index is 440. The number of aromatic hydroxyl groups is 1. The van der Waals surface area contributed by atoms with Gasteiger partial charge in [0.1, 0.15) is 0 Å². The number of benzene rings is 1. The molecular formula is C12H15ClO4. The van der Waals surface area contributed by atoms with Gasteiger partial charge in [-0.1, -0.05) is 11.6 Å². The van der Waals surface area contributed by atoms with E-state index in [-0.39, 0.29) is 17.9 Å². The molecule has 0 saturated heterocycles. The van der Waals surface area contributed by atoms with Crippen molar-refractivity contribution in [2.75, 3.05) is 7.11 Å². The average Bonchev–Trinajstić information content (AvgIpc) is 2.23. The number of hydrogen-bond donors (Lipinski definition) is 2. The maximum Gasteiger partial charge on any atom is 0.309 e. The highest BCUT2D eigenvalue weighted by atomic mass is 35.5. The third kappa shape index (κ3) is 2.82. The SMILES string of the molecule is COc1c(O)ccc(Cl)c1CC(C)(C)C(=O)O. The topological polar surface area (TPSA) is 66.8 Å². The van der Waals surface area contributed by atoms with Gasteiger partial charge in [-0.15, -0.1) is 0 Å². The van der Waals surface area contributed by atoms with Gasteiger partial charge in [-0.2, -0.15) is 0 Å². The number of carboxylic acids is 1. The van der Waals surface area contributed by atoms with Crippen molar-refractivity contribution >= 4 is 17.6 Å². The Morgan fingerprint density at radius 3 is 2.53 bits per heavy atom. The maximum absolute atomic E-state index is 11.1. The fraction of sp³-hybridized carbons (Fsp3) is 0.417. The molecule has 0 aliphatic heterocycles. The molecule has 1 rings (SSSR count). The molecule has 0 saturated carbocycles. The summed E-state index contributed by atoms with van der Waals surface area (Å²) < 4.78 is 5.06. The van der Waals surface area contributed by atoms with Crippen LogP contribution in [0.4, 0.5) is 0 Å². The lowest BCUT2D eigenvalue weighted by Gasteiger charge is -2.21. The monoisotopic (exact) mass is 258 g/mol. The van der Waals surface area contributed by atoms with Crippen LogP contribution in [-0.2, 0) is 11.2 Å². The van der Waals surface area contributed by atoms with Crippen LogP contribution in [0.3, 0.4) is 0 Å². The molecule has 0 radical (unpaired) electrons. The van der Waals surface area contributed by atoms with Crippen LogP contribution < -0.4 is 4.74 Å². The van der Waals surface area contributed by atoms with Gasteiger partial charge < -0.3 is 14.9 Å². The summed E-state index contributed by atoms with van der Waals surface area (Å²) in [7, 11) is 1.41. The summed E-state index contributed by atoms with van der Waals surface area (Å²) in [4.78, 5) is 11.1. The van der Waals surface area contributed by atoms with Gasteiger partial charge in [0.2, 0.25) is 0 Å². The van der Waals surface area contributed by atoms with Crippen molar-refractivity contribution in [3.8, 4) is 11.5 Å². The largest absolute Gasteiger partial charge is 0.504 e. The summed E-state index contributed by atoms with van der Waals surface area (Å²) in [5.41, 5.74) is -0.480. The molecular weight excluding hydrogens is 244 g/mol. The summed E-state index contributed by atoms with van der Waals surface area (Å²) >= 11 is 6.01. The number of carbonyl (C=O) groups is 1. The van der Waals surface area contributed by atoms with E-state index in [2.05, 4.69) is 0 Å². The normalized spacial score (nSPS) is 11.3. The Kier molecular flexibility index (Phi) is 3.88. The lowest BCUT2D eigenvalue weighted by molar-refractivity contribution is -0.146. The summed E-state index contributed by atoms with van der Waals surface area (Å²) in [6, 6.07) is 2.94. The number of carboxylic acid groups (broad SMARTS) is 1. The minimum atomic E-state index is -0.981. The zero-order valence-corrected chi connectivity index (χ0v) is 10.7. The average molecular weight is 259 g/mol. The van der Waals surface area contributed by atoms with Crippen LogP contribution in [0.2, 0.25) is 5.02 Å². The van der Waals surface area contributed by atoms with Crippen LogP contribution >= 0.6 is 11.6 Å². The van der Waals surface area contributed by atoms with E-state index in [9.17, 15) is 9.90 Å². The van der Waals surface area contributed by atoms with Crippen molar-refractivity contribution in [2.45, 2.75) is 20.3 Å². The maximum atomic E-state index is 11.1. The molecule has 0 aliphatic carbocycles. The first-order chi connectivity index (χ1) is 7.79. The van der Waals surface area contributed by atoms with Gasteiger partial charge in [-0.05, 0) is 32.4 Å². The minimum absolute atomic E-state index is 0.0481. The highest BCUT2D eigenvalue weighted by molar-refractivity contribution is 6.31. The standard InChI is InChI=1S/C12H15ClO4/c1-12(2,11(15)16)6-7-8(13)4-5-9(14)10(7)17-3/h4-5,14H,6H2,1-3H3,(H,15,16). The molecule has 0 aliphatic rings. The van der Waals surface area contributed by atoms with Crippen LogP contribution in [0.1, 0.15) is 19.4 Å². The molecule has 5 heteroatoms. The molecule has 0 amide bonds. The van der Waals surface area contributed by atoms with E-state index in [0.717, 1.165) is 0 Å². The molecule has 0 bridgehead atoms. The van der Waals surface area contributed by atoms with Gasteiger partial charge in [0.25, 0.3) is 0 Å². The number of ether oxygens (including phenoxy) is 1. The molecule has 2 N–H and O–H groups in total. The van der Waals surface area contributed by atoms with Gasteiger partial charge in [-0.25, -0.2) is 0 Å². The van der Waals surface area contributed by atoms with Crippen molar-refractivity contribution in [1.82, 2.24) is 0 Å².